The molecule has 27 heavy (non-hydrogen) atoms. The van der Waals surface area contributed by atoms with Gasteiger partial charge in [0.05, 0.1) is 6.10 Å². The average Bonchev–Trinajstić information content (AvgIpc) is 2.62. The van der Waals surface area contributed by atoms with Gasteiger partial charge in [0.1, 0.15) is 11.9 Å². The molecule has 3 aliphatic carbocycles. The summed E-state index contributed by atoms with van der Waals surface area (Å²) in [6.45, 7) is 6.08. The minimum Gasteiger partial charge on any atom is -0.504 e. The smallest absolute Gasteiger partial charge is 0.227 e. The van der Waals surface area contributed by atoms with E-state index in [9.17, 15) is 20.1 Å². The van der Waals surface area contributed by atoms with Crippen molar-refractivity contribution in [2.45, 2.75) is 58.5 Å². The number of aliphatic hydroxyl groups excluding tert-OH is 3. The molecule has 0 aromatic rings. The predicted octanol–water partition coefficient (Wildman–Crippen LogP) is 2.44. The number of aliphatic hydroxyl groups is 3. The molecular formula is C21H26O6. The SMILES string of the molecule is COC1OC2=C(CC1O)C(=O)C(O)=C1C2=CC(O)C2C(C)=C(C)CCC12C. The fourth-order valence-electron chi connectivity index (χ4n) is 5.25. The van der Waals surface area contributed by atoms with Crippen LogP contribution in [0.2, 0.25) is 0 Å². The summed E-state index contributed by atoms with van der Waals surface area (Å²) in [6.07, 6.45) is 0.637. The average molecular weight is 374 g/mol. The molecule has 0 fully saturated rings. The van der Waals surface area contributed by atoms with Crippen LogP contribution in [-0.2, 0) is 14.3 Å². The highest BCUT2D eigenvalue weighted by atomic mass is 16.7. The van der Waals surface area contributed by atoms with Crippen LogP contribution in [0.3, 0.4) is 0 Å². The third-order valence-electron chi connectivity index (χ3n) is 6.80. The number of hydrogen-bond donors (Lipinski definition) is 3. The number of allylic oxidation sites excluding steroid dienone is 3. The standard InChI is InChI=1S/C21H26O6/c1-9-5-6-21(3)15(10(9)2)13(22)7-11-16(21)18(25)17(24)12-8-14(23)20(26-4)27-19(11)12/h7,13-15,20,22-23,25H,5-6,8H2,1-4H3. The quantitative estimate of drug-likeness (QED) is 0.610. The third kappa shape index (κ3) is 2.40. The maximum absolute atomic E-state index is 12.9. The predicted molar refractivity (Wildman–Crippen MR) is 97.5 cm³/mol. The molecule has 0 saturated carbocycles. The van der Waals surface area contributed by atoms with Gasteiger partial charge in [-0.1, -0.05) is 18.1 Å². The van der Waals surface area contributed by atoms with Gasteiger partial charge in [-0.25, -0.2) is 0 Å². The highest BCUT2D eigenvalue weighted by Gasteiger charge is 2.54. The fraction of sp³-hybridized carbons (Fsp3) is 0.571. The third-order valence-corrected chi connectivity index (χ3v) is 6.80. The van der Waals surface area contributed by atoms with E-state index in [-0.39, 0.29) is 23.7 Å². The summed E-state index contributed by atoms with van der Waals surface area (Å²) in [7, 11) is 1.43. The molecule has 5 unspecified atom stereocenters. The van der Waals surface area contributed by atoms with Crippen LogP contribution in [-0.4, -0.2) is 46.7 Å². The highest BCUT2D eigenvalue weighted by molar-refractivity contribution is 6.10. The largest absolute Gasteiger partial charge is 0.504 e. The van der Waals surface area contributed by atoms with Crippen molar-refractivity contribution in [2.24, 2.45) is 11.3 Å². The Morgan fingerprint density at radius 3 is 2.67 bits per heavy atom. The molecule has 6 nitrogen and oxygen atoms in total. The van der Waals surface area contributed by atoms with Crippen LogP contribution in [0.5, 0.6) is 0 Å². The molecule has 0 radical (unpaired) electrons. The normalized spacial score (nSPS) is 38.9. The first-order valence-corrected chi connectivity index (χ1v) is 9.36. The van der Waals surface area contributed by atoms with Gasteiger partial charge < -0.3 is 24.8 Å². The summed E-state index contributed by atoms with van der Waals surface area (Å²) in [6, 6.07) is 0. The van der Waals surface area contributed by atoms with E-state index in [1.54, 1.807) is 6.08 Å². The van der Waals surface area contributed by atoms with Crippen LogP contribution in [0, 0.1) is 11.3 Å². The Morgan fingerprint density at radius 2 is 2.00 bits per heavy atom. The maximum Gasteiger partial charge on any atom is 0.227 e. The molecule has 0 aromatic carbocycles. The zero-order valence-electron chi connectivity index (χ0n) is 16.1. The molecule has 0 aromatic heterocycles. The molecule has 6 heteroatoms. The molecule has 0 spiro atoms. The van der Waals surface area contributed by atoms with Gasteiger partial charge in [0.25, 0.3) is 0 Å². The van der Waals surface area contributed by atoms with E-state index < -0.39 is 29.7 Å². The lowest BCUT2D eigenvalue weighted by molar-refractivity contribution is -0.167. The summed E-state index contributed by atoms with van der Waals surface area (Å²) < 4.78 is 11.0. The van der Waals surface area contributed by atoms with Crippen molar-refractivity contribution in [1.82, 2.24) is 0 Å². The summed E-state index contributed by atoms with van der Waals surface area (Å²) in [5, 5.41) is 32.0. The first-order valence-electron chi connectivity index (χ1n) is 9.36. The van der Waals surface area contributed by atoms with Gasteiger partial charge in [-0.3, -0.25) is 4.79 Å². The van der Waals surface area contributed by atoms with Gasteiger partial charge in [0.15, 0.2) is 5.76 Å². The highest BCUT2D eigenvalue weighted by Crippen LogP contribution is 2.58. The fourth-order valence-corrected chi connectivity index (χ4v) is 5.25. The molecule has 1 heterocycles. The van der Waals surface area contributed by atoms with E-state index in [1.165, 1.54) is 12.7 Å². The van der Waals surface area contributed by atoms with Gasteiger partial charge in [-0.05, 0) is 32.8 Å². The van der Waals surface area contributed by atoms with Gasteiger partial charge >= 0.3 is 0 Å². The Hall–Kier alpha value is -1.89. The molecular weight excluding hydrogens is 348 g/mol. The number of methoxy groups -OCH3 is 1. The number of carbonyl (C=O) groups is 1. The Kier molecular flexibility index (Phi) is 4.14. The van der Waals surface area contributed by atoms with Crippen molar-refractivity contribution >= 4 is 5.78 Å². The second kappa shape index (κ2) is 6.06. The van der Waals surface area contributed by atoms with Crippen molar-refractivity contribution in [2.75, 3.05) is 7.11 Å². The van der Waals surface area contributed by atoms with Crippen LogP contribution in [0.15, 0.2) is 45.5 Å². The number of ether oxygens (including phenoxy) is 2. The van der Waals surface area contributed by atoms with Crippen molar-refractivity contribution in [3.63, 3.8) is 0 Å². The van der Waals surface area contributed by atoms with Crippen molar-refractivity contribution in [3.05, 3.63) is 45.5 Å². The second-order valence-corrected chi connectivity index (χ2v) is 8.28. The van der Waals surface area contributed by atoms with Crippen molar-refractivity contribution in [1.29, 1.82) is 0 Å². The van der Waals surface area contributed by atoms with Crippen LogP contribution >= 0.6 is 0 Å². The summed E-state index contributed by atoms with van der Waals surface area (Å²) in [5.74, 6) is -0.688. The molecule has 0 bridgehead atoms. The van der Waals surface area contributed by atoms with E-state index in [4.69, 9.17) is 9.47 Å². The van der Waals surface area contributed by atoms with E-state index in [1.807, 2.05) is 13.8 Å². The topological polar surface area (TPSA) is 96.2 Å². The summed E-state index contributed by atoms with van der Waals surface area (Å²) in [5.41, 5.74) is 3.10. The van der Waals surface area contributed by atoms with Gasteiger partial charge in [0, 0.05) is 41.6 Å². The summed E-state index contributed by atoms with van der Waals surface area (Å²) in [4.78, 5) is 12.9. The number of Topliss-reactive ketones (excluding diaryl/α,β-unsaturated/α-hetero) is 1. The van der Waals surface area contributed by atoms with Crippen LogP contribution in [0.1, 0.15) is 40.0 Å². The molecule has 4 aliphatic rings. The lowest BCUT2D eigenvalue weighted by Gasteiger charge is -2.51. The maximum atomic E-state index is 12.9. The van der Waals surface area contributed by atoms with Crippen molar-refractivity contribution < 1.29 is 29.6 Å². The Balaban J connectivity index is 1.92. The molecule has 0 saturated heterocycles. The molecule has 0 amide bonds. The number of carbonyl (C=O) groups excluding carboxylic acids is 1. The number of rotatable bonds is 1. The van der Waals surface area contributed by atoms with E-state index >= 15 is 0 Å². The van der Waals surface area contributed by atoms with Crippen molar-refractivity contribution in [3.8, 4) is 0 Å². The van der Waals surface area contributed by atoms with E-state index in [2.05, 4.69) is 6.92 Å². The molecule has 4 rings (SSSR count). The number of hydrogen-bond acceptors (Lipinski definition) is 6. The second-order valence-electron chi connectivity index (χ2n) is 8.28. The van der Waals surface area contributed by atoms with Gasteiger partial charge in [-0.2, -0.15) is 0 Å². The van der Waals surface area contributed by atoms with E-state index in [0.717, 1.165) is 18.4 Å². The zero-order valence-corrected chi connectivity index (χ0v) is 16.1. The van der Waals surface area contributed by atoms with Gasteiger partial charge in [0.2, 0.25) is 12.1 Å². The Bertz CT molecular complexity index is 845. The van der Waals surface area contributed by atoms with Crippen LogP contribution < -0.4 is 0 Å². The monoisotopic (exact) mass is 374 g/mol. The first kappa shape index (κ1) is 18.5. The molecule has 1 aliphatic heterocycles. The Morgan fingerprint density at radius 1 is 1.30 bits per heavy atom. The first-order chi connectivity index (χ1) is 12.7. The lowest BCUT2D eigenvalue weighted by Crippen LogP contribution is -2.48. The number of fused-ring (bicyclic) bond motifs is 4. The lowest BCUT2D eigenvalue weighted by atomic mass is 9.54. The van der Waals surface area contributed by atoms with E-state index in [0.29, 0.717) is 16.9 Å². The van der Waals surface area contributed by atoms with Crippen LogP contribution in [0.4, 0.5) is 0 Å². The molecule has 146 valence electrons. The molecule has 3 N–H and O–H groups in total. The minimum absolute atomic E-state index is 0.0373. The Labute approximate surface area is 158 Å². The summed E-state index contributed by atoms with van der Waals surface area (Å²) >= 11 is 0. The van der Waals surface area contributed by atoms with Gasteiger partial charge in [-0.15, -0.1) is 0 Å². The number of ketones is 1. The zero-order chi connectivity index (χ0) is 19.7. The minimum atomic E-state index is -0.994. The van der Waals surface area contributed by atoms with Crippen LogP contribution in [0.25, 0.3) is 0 Å². The molecule has 5 atom stereocenters.